The molecular weight excluding hydrogens is 500 g/mol. The molecule has 3 rings (SSSR count). The number of aryl methyl sites for hydroxylation is 1. The highest BCUT2D eigenvalue weighted by atomic mass is 35.5. The van der Waals surface area contributed by atoms with E-state index in [4.69, 9.17) is 60.6 Å². The maximum Gasteiger partial charge on any atom is 0.156 e. The van der Waals surface area contributed by atoms with Crippen LogP contribution in [0.25, 0.3) is 10.2 Å². The Kier molecular flexibility index (Phi) is 9.42. The van der Waals surface area contributed by atoms with Crippen LogP contribution in [0.1, 0.15) is 24.3 Å². The summed E-state index contributed by atoms with van der Waals surface area (Å²) in [6.07, 6.45) is 4.26. The molecule has 0 saturated heterocycles. The minimum atomic E-state index is 0.137. The van der Waals surface area contributed by atoms with Gasteiger partial charge in [-0.25, -0.2) is 4.98 Å². The topological polar surface area (TPSA) is 40.6 Å². The summed E-state index contributed by atoms with van der Waals surface area (Å²) < 4.78 is 18.4. The summed E-state index contributed by atoms with van der Waals surface area (Å²) in [7, 11) is 0. The Hall–Kier alpha value is -1.37. The summed E-state index contributed by atoms with van der Waals surface area (Å²) in [4.78, 5) is 4.49. The van der Waals surface area contributed by atoms with Crippen LogP contribution < -0.4 is 14.2 Å². The Morgan fingerprint density at radius 3 is 2.35 bits per heavy atom. The molecule has 0 saturated carbocycles. The van der Waals surface area contributed by atoms with Crippen LogP contribution in [-0.4, -0.2) is 24.8 Å². The van der Waals surface area contributed by atoms with Crippen molar-refractivity contribution in [1.82, 2.24) is 4.98 Å². The van der Waals surface area contributed by atoms with Crippen LogP contribution in [0.3, 0.4) is 0 Å². The van der Waals surface area contributed by atoms with Gasteiger partial charge >= 0.3 is 0 Å². The van der Waals surface area contributed by atoms with E-state index in [1.165, 1.54) is 10.8 Å². The fourth-order valence-corrected chi connectivity index (χ4v) is 4.33. The zero-order chi connectivity index (χ0) is 22.2. The molecule has 0 aliphatic carbocycles. The normalized spacial score (nSPS) is 10.9. The standard InChI is InChI=1S/C22H21Cl4NO3S/c1-14-27-19-13-15(5-6-20(19)31-14)28-8-3-2-4-9-30-22-17(23)11-16(12-18(22)24)29-10-7-21(25)26/h5-7,11-13H,2-4,8-10H2,1H3. The summed E-state index contributed by atoms with van der Waals surface area (Å²) in [6.45, 7) is 3.37. The first-order valence-electron chi connectivity index (χ1n) is 9.68. The highest BCUT2D eigenvalue weighted by Crippen LogP contribution is 2.37. The van der Waals surface area contributed by atoms with Gasteiger partial charge in [-0.1, -0.05) is 46.4 Å². The first kappa shape index (κ1) is 24.3. The van der Waals surface area contributed by atoms with Gasteiger partial charge in [0.05, 0.1) is 38.5 Å². The number of rotatable bonds is 11. The highest BCUT2D eigenvalue weighted by Gasteiger charge is 2.10. The fourth-order valence-electron chi connectivity index (χ4n) is 2.82. The van der Waals surface area contributed by atoms with Gasteiger partial charge < -0.3 is 14.2 Å². The highest BCUT2D eigenvalue weighted by molar-refractivity contribution is 7.18. The van der Waals surface area contributed by atoms with Crippen molar-refractivity contribution in [1.29, 1.82) is 0 Å². The minimum absolute atomic E-state index is 0.137. The number of thiazole rings is 1. The quantitative estimate of drug-likeness (QED) is 0.239. The van der Waals surface area contributed by atoms with Gasteiger partial charge in [0.25, 0.3) is 0 Å². The molecule has 0 unspecified atom stereocenters. The molecule has 0 aliphatic rings. The monoisotopic (exact) mass is 519 g/mol. The molecule has 0 N–H and O–H groups in total. The van der Waals surface area contributed by atoms with E-state index in [1.807, 2.05) is 19.1 Å². The van der Waals surface area contributed by atoms with E-state index < -0.39 is 0 Å². The summed E-state index contributed by atoms with van der Waals surface area (Å²) in [6, 6.07) is 9.32. The predicted molar refractivity (Wildman–Crippen MR) is 131 cm³/mol. The molecule has 0 bridgehead atoms. The maximum atomic E-state index is 6.27. The third-order valence-corrected chi connectivity index (χ3v) is 6.05. The molecule has 1 heterocycles. The van der Waals surface area contributed by atoms with Crippen molar-refractivity contribution >= 4 is 68.0 Å². The van der Waals surface area contributed by atoms with Gasteiger partial charge in [-0.3, -0.25) is 0 Å². The van der Waals surface area contributed by atoms with Crippen molar-refractivity contribution in [2.45, 2.75) is 26.2 Å². The van der Waals surface area contributed by atoms with Crippen LogP contribution in [0.4, 0.5) is 0 Å². The van der Waals surface area contributed by atoms with E-state index in [0.717, 1.165) is 35.5 Å². The smallest absolute Gasteiger partial charge is 0.156 e. The Morgan fingerprint density at radius 2 is 1.65 bits per heavy atom. The molecule has 0 fully saturated rings. The van der Waals surface area contributed by atoms with E-state index in [2.05, 4.69) is 11.1 Å². The number of fused-ring (bicyclic) bond motifs is 1. The van der Waals surface area contributed by atoms with E-state index in [-0.39, 0.29) is 11.1 Å². The molecule has 2 aromatic carbocycles. The predicted octanol–water partition coefficient (Wildman–Crippen LogP) is 8.24. The van der Waals surface area contributed by atoms with E-state index in [0.29, 0.717) is 34.8 Å². The number of unbranched alkanes of at least 4 members (excludes halogenated alkanes) is 2. The molecule has 0 atom stereocenters. The van der Waals surface area contributed by atoms with E-state index in [9.17, 15) is 0 Å². The Labute approximate surface area is 205 Å². The van der Waals surface area contributed by atoms with E-state index >= 15 is 0 Å². The lowest BCUT2D eigenvalue weighted by atomic mass is 10.2. The summed E-state index contributed by atoms with van der Waals surface area (Å²) in [5.74, 6) is 1.81. The molecule has 0 amide bonds. The average Bonchev–Trinajstić information content (AvgIpc) is 3.08. The maximum absolute atomic E-state index is 6.27. The summed E-state index contributed by atoms with van der Waals surface area (Å²) in [5, 5.41) is 1.84. The largest absolute Gasteiger partial charge is 0.494 e. The first-order valence-corrected chi connectivity index (χ1v) is 12.0. The first-order chi connectivity index (χ1) is 14.9. The van der Waals surface area contributed by atoms with Crippen molar-refractivity contribution in [2.24, 2.45) is 0 Å². The van der Waals surface area contributed by atoms with Gasteiger partial charge in [0.15, 0.2) is 5.75 Å². The minimum Gasteiger partial charge on any atom is -0.494 e. The third-order valence-electron chi connectivity index (χ3n) is 4.23. The molecule has 9 heteroatoms. The molecular formula is C22H21Cl4NO3S. The zero-order valence-corrected chi connectivity index (χ0v) is 20.6. The van der Waals surface area contributed by atoms with Gasteiger partial charge in [0.2, 0.25) is 0 Å². The average molecular weight is 521 g/mol. The number of halogens is 4. The second kappa shape index (κ2) is 12.0. The van der Waals surface area contributed by atoms with Crippen LogP contribution in [-0.2, 0) is 0 Å². The Balaban J connectivity index is 1.36. The number of ether oxygens (including phenoxy) is 3. The van der Waals surface area contributed by atoms with Crippen molar-refractivity contribution in [2.75, 3.05) is 19.8 Å². The fraction of sp³-hybridized carbons (Fsp3) is 0.318. The van der Waals surface area contributed by atoms with Crippen molar-refractivity contribution in [3.63, 3.8) is 0 Å². The summed E-state index contributed by atoms with van der Waals surface area (Å²) >= 11 is 25.3. The number of hydrogen-bond acceptors (Lipinski definition) is 5. The molecule has 3 aromatic rings. The molecule has 0 radical (unpaired) electrons. The van der Waals surface area contributed by atoms with Crippen LogP contribution in [0.2, 0.25) is 10.0 Å². The zero-order valence-electron chi connectivity index (χ0n) is 16.8. The summed E-state index contributed by atoms with van der Waals surface area (Å²) in [5.41, 5.74) is 0.984. The van der Waals surface area contributed by atoms with Gasteiger partial charge in [-0.15, -0.1) is 11.3 Å². The SMILES string of the molecule is Cc1nc2cc(OCCCCCOc3c(Cl)cc(OCC=C(Cl)Cl)cc3Cl)ccc2s1. The van der Waals surface area contributed by atoms with Crippen molar-refractivity contribution in [3.8, 4) is 17.2 Å². The Bertz CT molecular complexity index is 1030. The van der Waals surface area contributed by atoms with Crippen molar-refractivity contribution < 1.29 is 14.2 Å². The molecule has 166 valence electrons. The van der Waals surface area contributed by atoms with Gasteiger partial charge in [-0.2, -0.15) is 0 Å². The lowest BCUT2D eigenvalue weighted by Crippen LogP contribution is -2.02. The van der Waals surface area contributed by atoms with Crippen LogP contribution in [0.5, 0.6) is 17.2 Å². The molecule has 31 heavy (non-hydrogen) atoms. The molecule has 0 spiro atoms. The number of aromatic nitrogens is 1. The third kappa shape index (κ3) is 7.62. The van der Waals surface area contributed by atoms with E-state index in [1.54, 1.807) is 23.5 Å². The van der Waals surface area contributed by atoms with Gasteiger partial charge in [-0.05, 0) is 44.4 Å². The number of hydrogen-bond donors (Lipinski definition) is 0. The molecule has 0 aliphatic heterocycles. The number of benzene rings is 2. The second-order valence-corrected chi connectivity index (χ2v) is 9.70. The van der Waals surface area contributed by atoms with Gasteiger partial charge in [0, 0.05) is 18.2 Å². The van der Waals surface area contributed by atoms with Crippen molar-refractivity contribution in [3.05, 3.63) is 56.0 Å². The second-order valence-electron chi connectivity index (χ2n) is 6.64. The Morgan fingerprint density at radius 1 is 0.935 bits per heavy atom. The number of nitrogens with zero attached hydrogens (tertiary/aromatic N) is 1. The van der Waals surface area contributed by atoms with Crippen LogP contribution >= 0.6 is 57.7 Å². The molecule has 4 nitrogen and oxygen atoms in total. The lowest BCUT2D eigenvalue weighted by Gasteiger charge is -2.12. The van der Waals surface area contributed by atoms with Gasteiger partial charge in [0.1, 0.15) is 22.6 Å². The molecule has 1 aromatic heterocycles. The lowest BCUT2D eigenvalue weighted by molar-refractivity contribution is 0.279. The van der Waals surface area contributed by atoms with Crippen LogP contribution in [0.15, 0.2) is 40.9 Å². The van der Waals surface area contributed by atoms with Crippen LogP contribution in [0, 0.1) is 6.92 Å².